The average Bonchev–Trinajstić information content (AvgIpc) is 3.09. The Morgan fingerprint density at radius 3 is 1.02 bits per heavy atom. The number of rotatable bonds is 9. The summed E-state index contributed by atoms with van der Waals surface area (Å²) >= 11 is 0. The lowest BCUT2D eigenvalue weighted by Crippen LogP contribution is -2.21. The van der Waals surface area contributed by atoms with Crippen LogP contribution in [0.2, 0.25) is 0 Å². The highest BCUT2D eigenvalue weighted by molar-refractivity contribution is 7.58. The number of hydrogen-bond acceptors (Lipinski definition) is 2. The highest BCUT2D eigenvalue weighted by Crippen LogP contribution is 2.58. The number of aromatic nitrogens is 2. The van der Waals surface area contributed by atoms with E-state index in [1.54, 1.807) is 0 Å². The van der Waals surface area contributed by atoms with E-state index in [0.717, 1.165) is 34.0 Å². The maximum Gasteiger partial charge on any atom is 0.0889 e. The minimum absolute atomic E-state index is 0.0319. The van der Waals surface area contributed by atoms with E-state index in [9.17, 15) is 0 Å². The lowest BCUT2D eigenvalue weighted by molar-refractivity contribution is 0.483. The van der Waals surface area contributed by atoms with Gasteiger partial charge >= 0.3 is 0 Å². The first kappa shape index (κ1) is 32.6. The summed E-state index contributed by atoms with van der Waals surface area (Å²) in [5, 5.41) is 0. The van der Waals surface area contributed by atoms with Crippen molar-refractivity contribution >= 4 is 15.8 Å². The molecular weight excluding hydrogens is 546 g/mol. The fourth-order valence-corrected chi connectivity index (χ4v) is 16.0. The van der Waals surface area contributed by atoms with E-state index in [1.165, 1.54) is 152 Å². The van der Waals surface area contributed by atoms with E-state index in [-0.39, 0.29) is 15.8 Å². The van der Waals surface area contributed by atoms with Crippen molar-refractivity contribution in [2.45, 2.75) is 177 Å². The molecule has 0 unspecified atom stereocenters. The summed E-state index contributed by atoms with van der Waals surface area (Å²) in [5.74, 6) is 0. The Bertz CT molecular complexity index is 913. The molecule has 2 aromatic rings. The third-order valence-corrected chi connectivity index (χ3v) is 17.9. The Labute approximate surface area is 261 Å². The van der Waals surface area contributed by atoms with Gasteiger partial charge < -0.3 is 0 Å². The summed E-state index contributed by atoms with van der Waals surface area (Å²) in [6.07, 6.45) is 31.9. The Hall–Kier alpha value is -0.840. The molecule has 0 atom stereocenters. The molecule has 0 spiro atoms. The molecule has 0 amide bonds. The van der Waals surface area contributed by atoms with Crippen LogP contribution in [0, 0.1) is 0 Å². The van der Waals surface area contributed by atoms with E-state index in [1.807, 2.05) is 13.8 Å². The molecule has 0 aliphatic heterocycles. The smallest absolute Gasteiger partial charge is 0.0889 e. The molecule has 6 rings (SSSR count). The van der Waals surface area contributed by atoms with Crippen LogP contribution in [0.4, 0.5) is 0 Å². The van der Waals surface area contributed by atoms with Gasteiger partial charge in [0.1, 0.15) is 0 Å². The molecule has 42 heavy (non-hydrogen) atoms. The lowest BCUT2D eigenvalue weighted by Gasteiger charge is -2.38. The zero-order chi connectivity index (χ0) is 29.0. The number of hydrogen-bond donors (Lipinski definition) is 0. The summed E-state index contributed by atoms with van der Waals surface area (Å²) in [6, 6.07) is 13.7. The third-order valence-electron chi connectivity index (χ3n) is 10.7. The van der Waals surface area contributed by atoms with Gasteiger partial charge in [0.15, 0.2) is 0 Å². The van der Waals surface area contributed by atoms with Gasteiger partial charge in [-0.2, -0.15) is 0 Å². The van der Waals surface area contributed by atoms with Crippen molar-refractivity contribution in [2.75, 3.05) is 0 Å². The monoisotopic (exact) mass is 606 g/mol. The van der Waals surface area contributed by atoms with Crippen LogP contribution in [-0.4, -0.2) is 32.6 Å². The average molecular weight is 607 g/mol. The van der Waals surface area contributed by atoms with Gasteiger partial charge in [0.25, 0.3) is 0 Å². The van der Waals surface area contributed by atoms with E-state index < -0.39 is 0 Å². The Kier molecular flexibility index (Phi) is 13.6. The molecule has 0 radical (unpaired) electrons. The Balaban J connectivity index is 0.00000173. The summed E-state index contributed by atoms with van der Waals surface area (Å²) in [7, 11) is 0.0639. The molecule has 4 aliphatic carbocycles. The second-order valence-electron chi connectivity index (χ2n) is 13.5. The minimum Gasteiger partial charge on any atom is -0.251 e. The van der Waals surface area contributed by atoms with Gasteiger partial charge in [0.2, 0.25) is 0 Å². The molecule has 0 bridgehead atoms. The van der Waals surface area contributed by atoms with Crippen LogP contribution in [0.5, 0.6) is 0 Å². The quantitative estimate of drug-likeness (QED) is 0.265. The van der Waals surface area contributed by atoms with Crippen LogP contribution < -0.4 is 0 Å². The molecule has 4 fully saturated rings. The molecule has 0 N–H and O–H groups in total. The van der Waals surface area contributed by atoms with Crippen LogP contribution in [0.3, 0.4) is 0 Å². The second kappa shape index (κ2) is 17.6. The normalized spacial score (nSPS) is 21.8. The molecule has 232 valence electrons. The van der Waals surface area contributed by atoms with Crippen molar-refractivity contribution in [3.63, 3.8) is 0 Å². The van der Waals surface area contributed by atoms with Crippen LogP contribution >= 0.6 is 15.8 Å². The summed E-state index contributed by atoms with van der Waals surface area (Å²) in [4.78, 5) is 10.7. The van der Waals surface area contributed by atoms with E-state index in [2.05, 4.69) is 36.4 Å². The number of nitrogens with zero attached hydrogens (tertiary/aromatic N) is 2. The van der Waals surface area contributed by atoms with Gasteiger partial charge in [0.05, 0.1) is 11.4 Å². The topological polar surface area (TPSA) is 25.8 Å². The Morgan fingerprint density at radius 2 is 0.738 bits per heavy atom. The van der Waals surface area contributed by atoms with Gasteiger partial charge in [-0.15, -0.1) is 0 Å². The largest absolute Gasteiger partial charge is 0.251 e. The highest BCUT2D eigenvalue weighted by atomic mass is 31.1. The van der Waals surface area contributed by atoms with E-state index in [0.29, 0.717) is 0 Å². The molecule has 0 saturated heterocycles. The first-order valence-corrected chi connectivity index (χ1v) is 21.6. The molecule has 2 heterocycles. The summed E-state index contributed by atoms with van der Waals surface area (Å²) < 4.78 is 0. The Morgan fingerprint density at radius 1 is 0.452 bits per heavy atom. The second-order valence-corrected chi connectivity index (χ2v) is 19.2. The van der Waals surface area contributed by atoms with Gasteiger partial charge in [-0.1, -0.05) is 119 Å². The van der Waals surface area contributed by atoms with Crippen molar-refractivity contribution in [3.05, 3.63) is 47.8 Å². The molecule has 0 aromatic carbocycles. The van der Waals surface area contributed by atoms with Crippen molar-refractivity contribution < 1.29 is 0 Å². The molecule has 4 aliphatic rings. The van der Waals surface area contributed by atoms with Crippen LogP contribution in [0.25, 0.3) is 11.4 Å². The maximum absolute atomic E-state index is 5.33. The van der Waals surface area contributed by atoms with Crippen molar-refractivity contribution in [1.82, 2.24) is 9.97 Å². The van der Waals surface area contributed by atoms with E-state index in [4.69, 9.17) is 9.97 Å². The predicted molar refractivity (Wildman–Crippen MR) is 188 cm³/mol. The van der Waals surface area contributed by atoms with Crippen LogP contribution in [0.1, 0.15) is 154 Å². The van der Waals surface area contributed by atoms with Gasteiger partial charge in [0, 0.05) is 23.7 Å². The molecule has 2 nitrogen and oxygen atoms in total. The minimum atomic E-state index is 0.0319. The molecule has 2 aromatic heterocycles. The molecule has 4 heteroatoms. The lowest BCUT2D eigenvalue weighted by atomic mass is 9.99. The first-order valence-electron chi connectivity index (χ1n) is 18.3. The fraction of sp³-hybridized carbons (Fsp3) is 0.737. The maximum atomic E-state index is 5.33. The zero-order valence-electron chi connectivity index (χ0n) is 27.1. The van der Waals surface area contributed by atoms with E-state index >= 15 is 0 Å². The standard InChI is InChI=1S/C36H54N2P2.C2H6/c1-5-17-31(18-6-1)39(32-19-7-2-8-20-32)27-29-15-13-25-35(37-29)36-26-14-16-30(38-36)28-40(33-21-9-3-10-22-33)34-23-11-4-12-24-34;1-2/h13-16,25-26,31-34H,1-12,17-24,27-28H2;1-2H3. The van der Waals surface area contributed by atoms with Gasteiger partial charge in [-0.05, 0) is 98.3 Å². The van der Waals surface area contributed by atoms with Crippen LogP contribution in [-0.2, 0) is 12.3 Å². The summed E-state index contributed by atoms with van der Waals surface area (Å²) in [6.45, 7) is 4.00. The predicted octanol–water partition coefficient (Wildman–Crippen LogP) is 12.5. The van der Waals surface area contributed by atoms with Crippen molar-refractivity contribution in [2.24, 2.45) is 0 Å². The van der Waals surface area contributed by atoms with Gasteiger partial charge in [-0.25, -0.2) is 0 Å². The third kappa shape index (κ3) is 9.10. The van der Waals surface area contributed by atoms with Crippen LogP contribution in [0.15, 0.2) is 36.4 Å². The summed E-state index contributed by atoms with van der Waals surface area (Å²) in [5.41, 5.74) is 8.85. The number of pyridine rings is 2. The molecule has 4 saturated carbocycles. The first-order chi connectivity index (χ1) is 20.8. The fourth-order valence-electron chi connectivity index (χ4n) is 8.56. The zero-order valence-corrected chi connectivity index (χ0v) is 28.9. The van der Waals surface area contributed by atoms with Gasteiger partial charge in [-0.3, -0.25) is 9.97 Å². The highest BCUT2D eigenvalue weighted by Gasteiger charge is 2.33. The van der Waals surface area contributed by atoms with Crippen molar-refractivity contribution in [3.8, 4) is 11.4 Å². The van der Waals surface area contributed by atoms with Crippen molar-refractivity contribution in [1.29, 1.82) is 0 Å². The molecular formula is C38H60N2P2. The SMILES string of the molecule is CC.c1cc(CP(C2CCCCC2)C2CCCCC2)nc(-c2cccc(CP(C3CCCCC3)C3CCCCC3)n2)c1.